The van der Waals surface area contributed by atoms with Gasteiger partial charge in [0, 0.05) is 5.56 Å². The summed E-state index contributed by atoms with van der Waals surface area (Å²) in [7, 11) is 1.25. The Balaban J connectivity index is 2.37. The number of esters is 1. The number of methoxy groups -OCH3 is 1. The second kappa shape index (κ2) is 6.43. The summed E-state index contributed by atoms with van der Waals surface area (Å²) in [5.41, 5.74) is 0.804. The fraction of sp³-hybridized carbons (Fsp3) is 0.357. The lowest BCUT2D eigenvalue weighted by Crippen LogP contribution is -2.11. The lowest BCUT2D eigenvalue weighted by molar-refractivity contribution is 0.0592. The predicted molar refractivity (Wildman–Crippen MR) is 70.8 cm³/mol. The first-order valence-corrected chi connectivity index (χ1v) is 6.51. The molecule has 7 heteroatoms. The largest absolute Gasteiger partial charge is 0.464 e. The van der Waals surface area contributed by atoms with E-state index in [0.29, 0.717) is 12.1 Å². The van der Waals surface area contributed by atoms with Crippen LogP contribution >= 0.6 is 0 Å². The Bertz CT molecular complexity index is 656. The first-order valence-electron chi connectivity index (χ1n) is 6.51. The number of carbonyl (C=O) groups is 1. The first kappa shape index (κ1) is 15.1. The molecule has 0 aliphatic heterocycles. The molecular weight excluding hydrogens is 280 g/mol. The van der Waals surface area contributed by atoms with Crippen molar-refractivity contribution in [2.45, 2.75) is 26.3 Å². The molecule has 0 spiro atoms. The van der Waals surface area contributed by atoms with Crippen molar-refractivity contribution in [2.24, 2.45) is 0 Å². The molecule has 0 fully saturated rings. The zero-order valence-electron chi connectivity index (χ0n) is 11.8. The summed E-state index contributed by atoms with van der Waals surface area (Å²) < 4.78 is 32.9. The fourth-order valence-corrected chi connectivity index (χ4v) is 2.03. The van der Waals surface area contributed by atoms with Crippen molar-refractivity contribution in [3.8, 4) is 0 Å². The third kappa shape index (κ3) is 3.24. The van der Waals surface area contributed by atoms with E-state index < -0.39 is 17.6 Å². The van der Waals surface area contributed by atoms with Gasteiger partial charge in [0.1, 0.15) is 11.6 Å². The van der Waals surface area contributed by atoms with E-state index in [4.69, 9.17) is 0 Å². The molecule has 0 bridgehead atoms. The Hall–Kier alpha value is -2.31. The summed E-state index contributed by atoms with van der Waals surface area (Å²) in [6.07, 6.45) is 1.29. The highest BCUT2D eigenvalue weighted by molar-refractivity contribution is 5.88. The monoisotopic (exact) mass is 295 g/mol. The van der Waals surface area contributed by atoms with E-state index in [1.165, 1.54) is 11.8 Å². The van der Waals surface area contributed by atoms with Crippen LogP contribution in [0.5, 0.6) is 0 Å². The van der Waals surface area contributed by atoms with Crippen molar-refractivity contribution in [3.63, 3.8) is 0 Å². The van der Waals surface area contributed by atoms with Crippen molar-refractivity contribution < 1.29 is 18.3 Å². The van der Waals surface area contributed by atoms with E-state index in [1.807, 2.05) is 6.92 Å². The van der Waals surface area contributed by atoms with Gasteiger partial charge in [0.15, 0.2) is 5.69 Å². The third-order valence-electron chi connectivity index (χ3n) is 3.03. The maximum absolute atomic E-state index is 13.7. The molecule has 1 aromatic heterocycles. The van der Waals surface area contributed by atoms with E-state index in [1.54, 1.807) is 0 Å². The molecule has 21 heavy (non-hydrogen) atoms. The number of ether oxygens (including phenoxy) is 1. The van der Waals surface area contributed by atoms with Crippen molar-refractivity contribution in [3.05, 3.63) is 46.8 Å². The fourth-order valence-electron chi connectivity index (χ4n) is 2.03. The Kier molecular flexibility index (Phi) is 4.62. The van der Waals surface area contributed by atoms with E-state index in [2.05, 4.69) is 15.0 Å². The number of halogens is 2. The van der Waals surface area contributed by atoms with Gasteiger partial charge in [0.25, 0.3) is 0 Å². The van der Waals surface area contributed by atoms with Crippen molar-refractivity contribution >= 4 is 5.97 Å². The molecule has 2 rings (SSSR count). The number of benzene rings is 1. The van der Waals surface area contributed by atoms with E-state index in [9.17, 15) is 13.6 Å². The zero-order valence-corrected chi connectivity index (χ0v) is 11.8. The van der Waals surface area contributed by atoms with Gasteiger partial charge in [-0.2, -0.15) is 0 Å². The highest BCUT2D eigenvalue weighted by atomic mass is 19.1. The molecular formula is C14H15F2N3O2. The predicted octanol–water partition coefficient (Wildman–Crippen LogP) is 2.34. The Morgan fingerprint density at radius 1 is 1.38 bits per heavy atom. The van der Waals surface area contributed by atoms with Gasteiger partial charge in [-0.1, -0.05) is 18.6 Å². The van der Waals surface area contributed by atoms with Gasteiger partial charge in [-0.3, -0.25) is 0 Å². The van der Waals surface area contributed by atoms with Crippen LogP contribution in [-0.4, -0.2) is 28.1 Å². The van der Waals surface area contributed by atoms with Crippen LogP contribution in [0.1, 0.15) is 35.1 Å². The highest BCUT2D eigenvalue weighted by Crippen LogP contribution is 2.15. The molecule has 1 aromatic carbocycles. The molecule has 0 radical (unpaired) electrons. The lowest BCUT2D eigenvalue weighted by atomic mass is 10.1. The minimum absolute atomic E-state index is 0.00290. The minimum Gasteiger partial charge on any atom is -0.464 e. The summed E-state index contributed by atoms with van der Waals surface area (Å²) in [6, 6.07) is 3.21. The molecule has 2 aromatic rings. The third-order valence-corrected chi connectivity index (χ3v) is 3.03. The number of nitrogens with zero attached hydrogens (tertiary/aromatic N) is 3. The number of hydrogen-bond donors (Lipinski definition) is 0. The Morgan fingerprint density at radius 2 is 2.14 bits per heavy atom. The zero-order chi connectivity index (χ0) is 15.4. The van der Waals surface area contributed by atoms with E-state index >= 15 is 0 Å². The van der Waals surface area contributed by atoms with Crippen molar-refractivity contribution in [1.82, 2.24) is 15.0 Å². The minimum atomic E-state index is -0.593. The van der Waals surface area contributed by atoms with Crippen LogP contribution in [0.3, 0.4) is 0 Å². The average Bonchev–Trinajstić information content (AvgIpc) is 2.85. The molecule has 0 amide bonds. The molecule has 112 valence electrons. The molecule has 0 unspecified atom stereocenters. The molecule has 5 nitrogen and oxygen atoms in total. The number of aromatic nitrogens is 3. The van der Waals surface area contributed by atoms with Gasteiger partial charge >= 0.3 is 5.97 Å². The first-order chi connectivity index (χ1) is 10.1. The van der Waals surface area contributed by atoms with E-state index in [0.717, 1.165) is 24.6 Å². The summed E-state index contributed by atoms with van der Waals surface area (Å²) in [6.45, 7) is 1.93. The summed E-state index contributed by atoms with van der Waals surface area (Å²) in [5, 5.41) is 7.62. The van der Waals surface area contributed by atoms with E-state index in [-0.39, 0.29) is 17.8 Å². The van der Waals surface area contributed by atoms with Gasteiger partial charge < -0.3 is 4.74 Å². The van der Waals surface area contributed by atoms with Crippen LogP contribution < -0.4 is 0 Å². The van der Waals surface area contributed by atoms with Crippen LogP contribution in [-0.2, 0) is 17.7 Å². The van der Waals surface area contributed by atoms with Gasteiger partial charge in [0.2, 0.25) is 0 Å². The normalized spacial score (nSPS) is 10.7. The summed E-state index contributed by atoms with van der Waals surface area (Å²) in [5.74, 6) is -1.66. The van der Waals surface area contributed by atoms with Crippen molar-refractivity contribution in [1.29, 1.82) is 0 Å². The Morgan fingerprint density at radius 3 is 2.81 bits per heavy atom. The van der Waals surface area contributed by atoms with Crippen LogP contribution in [0.25, 0.3) is 0 Å². The van der Waals surface area contributed by atoms with Gasteiger partial charge in [0.05, 0.1) is 19.3 Å². The second-order valence-electron chi connectivity index (χ2n) is 4.52. The maximum atomic E-state index is 13.7. The average molecular weight is 295 g/mol. The van der Waals surface area contributed by atoms with Crippen molar-refractivity contribution in [2.75, 3.05) is 7.11 Å². The topological polar surface area (TPSA) is 57.0 Å². The maximum Gasteiger partial charge on any atom is 0.360 e. The van der Waals surface area contributed by atoms with Crippen LogP contribution in [0.4, 0.5) is 8.78 Å². The number of hydrogen-bond acceptors (Lipinski definition) is 4. The standard InChI is InChI=1S/C14H15F2N3O2/c1-3-4-12-13(14(20)21-2)17-18-19(12)8-9-7-10(15)5-6-11(9)16/h5-7H,3-4,8H2,1-2H3. The van der Waals surface area contributed by atoms with Crippen LogP contribution in [0.2, 0.25) is 0 Å². The second-order valence-corrected chi connectivity index (χ2v) is 4.52. The number of rotatable bonds is 5. The molecule has 0 saturated carbocycles. The highest BCUT2D eigenvalue weighted by Gasteiger charge is 2.20. The quantitative estimate of drug-likeness (QED) is 0.794. The molecule has 0 atom stereocenters. The number of carbonyl (C=O) groups excluding carboxylic acids is 1. The molecule has 0 saturated heterocycles. The van der Waals surface area contributed by atoms with Gasteiger partial charge in [-0.05, 0) is 24.6 Å². The van der Waals surface area contributed by atoms with Gasteiger partial charge in [-0.25, -0.2) is 18.3 Å². The van der Waals surface area contributed by atoms with Crippen LogP contribution in [0, 0.1) is 11.6 Å². The summed E-state index contributed by atoms with van der Waals surface area (Å²) >= 11 is 0. The molecule has 0 aliphatic rings. The SMILES string of the molecule is CCCc1c(C(=O)OC)nnn1Cc1cc(F)ccc1F. The van der Waals surface area contributed by atoms with Crippen LogP contribution in [0.15, 0.2) is 18.2 Å². The summed E-state index contributed by atoms with van der Waals surface area (Å²) in [4.78, 5) is 11.6. The lowest BCUT2D eigenvalue weighted by Gasteiger charge is -2.08. The van der Waals surface area contributed by atoms with Gasteiger partial charge in [-0.15, -0.1) is 5.10 Å². The Labute approximate surface area is 120 Å². The molecule has 0 N–H and O–H groups in total. The smallest absolute Gasteiger partial charge is 0.360 e. The molecule has 1 heterocycles. The molecule has 0 aliphatic carbocycles.